The van der Waals surface area contributed by atoms with Crippen molar-refractivity contribution in [3.63, 3.8) is 0 Å². The standard InChI is InChI=1S/C12H18IN3O4/c1-7(15-11(19)20-12(2,3)4)6-16-9(10(17)18)8(13)5-14-16/h5,7H,6H2,1-4H3,(H,15,19)(H,17,18). The summed E-state index contributed by atoms with van der Waals surface area (Å²) in [5.41, 5.74) is -0.458. The lowest BCUT2D eigenvalue weighted by molar-refractivity contribution is 0.0503. The Morgan fingerprint density at radius 3 is 2.65 bits per heavy atom. The topological polar surface area (TPSA) is 93.5 Å². The van der Waals surface area contributed by atoms with Crippen LogP contribution in [0.25, 0.3) is 0 Å². The summed E-state index contributed by atoms with van der Waals surface area (Å²) in [6.45, 7) is 7.33. The fourth-order valence-corrected chi connectivity index (χ4v) is 2.16. The first kappa shape index (κ1) is 16.7. The second-order valence-corrected chi connectivity index (χ2v) is 6.54. The molecule has 0 fully saturated rings. The monoisotopic (exact) mass is 395 g/mol. The van der Waals surface area contributed by atoms with Crippen molar-refractivity contribution in [2.24, 2.45) is 0 Å². The summed E-state index contributed by atoms with van der Waals surface area (Å²) in [6.07, 6.45) is 0.938. The zero-order valence-corrected chi connectivity index (χ0v) is 14.0. The van der Waals surface area contributed by atoms with E-state index in [0.717, 1.165) is 0 Å². The van der Waals surface area contributed by atoms with Gasteiger partial charge in [-0.3, -0.25) is 4.68 Å². The molecule has 0 bridgehead atoms. The summed E-state index contributed by atoms with van der Waals surface area (Å²) in [5.74, 6) is -1.05. The summed E-state index contributed by atoms with van der Waals surface area (Å²) in [7, 11) is 0. The van der Waals surface area contributed by atoms with Crippen LogP contribution in [0, 0.1) is 3.57 Å². The van der Waals surface area contributed by atoms with Crippen LogP contribution < -0.4 is 5.32 Å². The van der Waals surface area contributed by atoms with Crippen LogP contribution in [0.2, 0.25) is 0 Å². The minimum Gasteiger partial charge on any atom is -0.476 e. The highest BCUT2D eigenvalue weighted by Crippen LogP contribution is 2.12. The molecular weight excluding hydrogens is 377 g/mol. The Morgan fingerprint density at radius 2 is 2.15 bits per heavy atom. The molecule has 1 heterocycles. The largest absolute Gasteiger partial charge is 0.476 e. The number of nitrogens with zero attached hydrogens (tertiary/aromatic N) is 2. The van der Waals surface area contributed by atoms with E-state index >= 15 is 0 Å². The molecular formula is C12H18IN3O4. The van der Waals surface area contributed by atoms with Gasteiger partial charge in [0.25, 0.3) is 0 Å². The second kappa shape index (κ2) is 6.42. The summed E-state index contributed by atoms with van der Waals surface area (Å²) in [5, 5.41) is 15.7. The van der Waals surface area contributed by atoms with Gasteiger partial charge >= 0.3 is 12.1 Å². The first-order valence-electron chi connectivity index (χ1n) is 6.04. The second-order valence-electron chi connectivity index (χ2n) is 5.38. The van der Waals surface area contributed by atoms with Crippen LogP contribution in [0.4, 0.5) is 4.79 Å². The number of aromatic carboxylic acids is 1. The van der Waals surface area contributed by atoms with E-state index in [1.807, 2.05) is 22.6 Å². The van der Waals surface area contributed by atoms with Gasteiger partial charge in [0.2, 0.25) is 0 Å². The fraction of sp³-hybridized carbons (Fsp3) is 0.583. The normalized spacial score (nSPS) is 12.8. The maximum atomic E-state index is 11.6. The van der Waals surface area contributed by atoms with Crippen molar-refractivity contribution in [1.29, 1.82) is 0 Å². The van der Waals surface area contributed by atoms with Gasteiger partial charge in [0.05, 0.1) is 16.3 Å². The van der Waals surface area contributed by atoms with Crippen molar-refractivity contribution in [2.75, 3.05) is 0 Å². The quantitative estimate of drug-likeness (QED) is 0.762. The summed E-state index contributed by atoms with van der Waals surface area (Å²) >= 11 is 1.91. The number of hydrogen-bond acceptors (Lipinski definition) is 4. The fourth-order valence-electron chi connectivity index (χ4n) is 1.53. The molecule has 112 valence electrons. The number of rotatable bonds is 4. The Bertz CT molecular complexity index is 507. The predicted molar refractivity (Wildman–Crippen MR) is 80.7 cm³/mol. The third-order valence-corrected chi connectivity index (χ3v) is 3.00. The van der Waals surface area contributed by atoms with Crippen molar-refractivity contribution in [1.82, 2.24) is 15.1 Å². The van der Waals surface area contributed by atoms with Gasteiger partial charge in [-0.25, -0.2) is 9.59 Å². The molecule has 1 aromatic rings. The molecule has 2 N–H and O–H groups in total. The lowest BCUT2D eigenvalue weighted by Gasteiger charge is -2.22. The number of alkyl carbamates (subject to hydrolysis) is 1. The Labute approximate surface area is 130 Å². The number of amides is 1. The van der Waals surface area contributed by atoms with Crippen LogP contribution in [-0.2, 0) is 11.3 Å². The first-order valence-corrected chi connectivity index (χ1v) is 7.12. The van der Waals surface area contributed by atoms with Crippen LogP contribution in [0.5, 0.6) is 0 Å². The van der Waals surface area contributed by atoms with Crippen LogP contribution >= 0.6 is 22.6 Å². The molecule has 0 aliphatic carbocycles. The maximum absolute atomic E-state index is 11.6. The van der Waals surface area contributed by atoms with Crippen LogP contribution in [-0.4, -0.2) is 38.6 Å². The van der Waals surface area contributed by atoms with E-state index in [1.54, 1.807) is 27.7 Å². The lowest BCUT2D eigenvalue weighted by Crippen LogP contribution is -2.40. The van der Waals surface area contributed by atoms with Crippen molar-refractivity contribution >= 4 is 34.7 Å². The highest BCUT2D eigenvalue weighted by atomic mass is 127. The van der Waals surface area contributed by atoms with E-state index in [2.05, 4.69) is 10.4 Å². The van der Waals surface area contributed by atoms with Gasteiger partial charge in [-0.05, 0) is 50.3 Å². The number of hydrogen-bond donors (Lipinski definition) is 2. The summed E-state index contributed by atoms with van der Waals surface area (Å²) in [6, 6.07) is -0.307. The third-order valence-electron chi connectivity index (χ3n) is 2.21. The number of carbonyl (C=O) groups is 2. The molecule has 0 saturated carbocycles. The molecule has 8 heteroatoms. The molecule has 20 heavy (non-hydrogen) atoms. The number of halogens is 1. The van der Waals surface area contributed by atoms with Gasteiger partial charge in [0.15, 0.2) is 5.69 Å². The number of carbonyl (C=O) groups excluding carboxylic acids is 1. The van der Waals surface area contributed by atoms with E-state index in [9.17, 15) is 9.59 Å². The smallest absolute Gasteiger partial charge is 0.407 e. The van der Waals surface area contributed by atoms with Gasteiger partial charge in [-0.1, -0.05) is 0 Å². The zero-order chi connectivity index (χ0) is 15.5. The Hall–Kier alpha value is -1.32. The first-order chi connectivity index (χ1) is 9.10. The zero-order valence-electron chi connectivity index (χ0n) is 11.8. The molecule has 7 nitrogen and oxygen atoms in total. The van der Waals surface area contributed by atoms with E-state index in [1.165, 1.54) is 10.9 Å². The summed E-state index contributed by atoms with van der Waals surface area (Å²) < 4.78 is 7.04. The SMILES string of the molecule is CC(Cn1ncc(I)c1C(=O)O)NC(=O)OC(C)(C)C. The number of nitrogens with one attached hydrogen (secondary N) is 1. The minimum atomic E-state index is -1.05. The van der Waals surface area contributed by atoms with Crippen LogP contribution in [0.1, 0.15) is 38.2 Å². The average molecular weight is 395 g/mol. The van der Waals surface area contributed by atoms with E-state index in [4.69, 9.17) is 9.84 Å². The van der Waals surface area contributed by atoms with E-state index in [0.29, 0.717) is 3.57 Å². The van der Waals surface area contributed by atoms with Crippen LogP contribution in [0.3, 0.4) is 0 Å². The highest BCUT2D eigenvalue weighted by Gasteiger charge is 2.20. The Morgan fingerprint density at radius 1 is 1.55 bits per heavy atom. The minimum absolute atomic E-state index is 0.114. The van der Waals surface area contributed by atoms with Gasteiger partial charge in [-0.15, -0.1) is 0 Å². The van der Waals surface area contributed by atoms with Crippen LogP contribution in [0.15, 0.2) is 6.20 Å². The predicted octanol–water partition coefficient (Wildman–Crippen LogP) is 2.10. The molecule has 0 saturated heterocycles. The van der Waals surface area contributed by atoms with Crippen molar-refractivity contribution in [3.05, 3.63) is 15.5 Å². The van der Waals surface area contributed by atoms with Crippen molar-refractivity contribution in [3.8, 4) is 0 Å². The number of carboxylic acids is 1. The molecule has 1 rings (SSSR count). The molecule has 0 aromatic carbocycles. The molecule has 0 aliphatic heterocycles. The maximum Gasteiger partial charge on any atom is 0.407 e. The van der Waals surface area contributed by atoms with Crippen molar-refractivity contribution < 1.29 is 19.4 Å². The van der Waals surface area contributed by atoms with Gasteiger partial charge < -0.3 is 15.2 Å². The highest BCUT2D eigenvalue weighted by molar-refractivity contribution is 14.1. The van der Waals surface area contributed by atoms with Gasteiger partial charge in [-0.2, -0.15) is 5.10 Å². The lowest BCUT2D eigenvalue weighted by atomic mass is 10.2. The third kappa shape index (κ3) is 4.99. The van der Waals surface area contributed by atoms with Gasteiger partial charge in [0.1, 0.15) is 5.60 Å². The van der Waals surface area contributed by atoms with E-state index < -0.39 is 17.7 Å². The van der Waals surface area contributed by atoms with Gasteiger partial charge in [0, 0.05) is 6.04 Å². The molecule has 1 unspecified atom stereocenters. The molecule has 0 aliphatic rings. The summed E-state index contributed by atoms with van der Waals surface area (Å²) in [4.78, 5) is 22.7. The molecule has 0 spiro atoms. The molecule has 0 radical (unpaired) electrons. The number of aromatic nitrogens is 2. The molecule has 1 aromatic heterocycles. The molecule has 1 amide bonds. The average Bonchev–Trinajstić information content (AvgIpc) is 2.55. The Balaban J connectivity index is 2.66. The number of ether oxygens (including phenoxy) is 1. The number of carboxylic acid groups (broad SMARTS) is 1. The Kier molecular flexibility index (Phi) is 5.37. The molecule has 1 atom stereocenters. The van der Waals surface area contributed by atoms with Crippen molar-refractivity contribution in [2.45, 2.75) is 45.9 Å². The van der Waals surface area contributed by atoms with E-state index in [-0.39, 0.29) is 18.3 Å².